The van der Waals surface area contributed by atoms with Crippen molar-refractivity contribution in [1.82, 2.24) is 5.32 Å². The summed E-state index contributed by atoms with van der Waals surface area (Å²) in [5.74, 6) is -1.20. The molecule has 4 N–H and O–H groups in total. The van der Waals surface area contributed by atoms with E-state index in [0.717, 1.165) is 5.56 Å². The fourth-order valence-corrected chi connectivity index (χ4v) is 4.65. The highest BCUT2D eigenvalue weighted by Crippen LogP contribution is 2.25. The van der Waals surface area contributed by atoms with E-state index in [0.29, 0.717) is 11.3 Å². The van der Waals surface area contributed by atoms with Crippen LogP contribution >= 0.6 is 0 Å². The third-order valence-corrected chi connectivity index (χ3v) is 6.77. The average molecular weight is 496 g/mol. The van der Waals surface area contributed by atoms with Crippen molar-refractivity contribution in [3.05, 3.63) is 90.0 Å². The summed E-state index contributed by atoms with van der Waals surface area (Å²) >= 11 is 0. The van der Waals surface area contributed by atoms with Crippen LogP contribution < -0.4 is 15.8 Å². The van der Waals surface area contributed by atoms with E-state index in [4.69, 9.17) is 10.5 Å². The second kappa shape index (κ2) is 11.5. The van der Waals surface area contributed by atoms with Gasteiger partial charge in [-0.3, -0.25) is 14.3 Å². The lowest BCUT2D eigenvalue weighted by molar-refractivity contribution is -0.143. The Bertz CT molecular complexity index is 1280. The fraction of sp³-hybridized carbons (Fsp3) is 0.231. The van der Waals surface area contributed by atoms with Crippen LogP contribution in [0.2, 0.25) is 0 Å². The van der Waals surface area contributed by atoms with E-state index in [1.165, 1.54) is 12.1 Å². The quantitative estimate of drug-likeness (QED) is 0.288. The SMILES string of the molecule is CCOC(=O)CC(NC(=O)C(C)c1ccccc1)c1cccc(NS(=O)(=O)c2cccc(N)c2)c1. The average Bonchev–Trinajstić information content (AvgIpc) is 2.83. The van der Waals surface area contributed by atoms with Gasteiger partial charge in [-0.15, -0.1) is 0 Å². The zero-order chi connectivity index (χ0) is 25.4. The molecule has 0 saturated carbocycles. The summed E-state index contributed by atoms with van der Waals surface area (Å²) in [7, 11) is -3.89. The number of esters is 1. The zero-order valence-corrected chi connectivity index (χ0v) is 20.4. The molecular formula is C26H29N3O5S. The van der Waals surface area contributed by atoms with Gasteiger partial charge in [0.05, 0.1) is 29.9 Å². The Hall–Kier alpha value is -3.85. The van der Waals surface area contributed by atoms with Gasteiger partial charge in [0.25, 0.3) is 10.0 Å². The Morgan fingerprint density at radius 3 is 2.31 bits per heavy atom. The molecule has 0 bridgehead atoms. The first-order valence-electron chi connectivity index (χ1n) is 11.2. The molecule has 8 nitrogen and oxygen atoms in total. The number of benzene rings is 3. The molecule has 2 atom stereocenters. The van der Waals surface area contributed by atoms with E-state index in [9.17, 15) is 18.0 Å². The van der Waals surface area contributed by atoms with E-state index in [1.807, 2.05) is 30.3 Å². The maximum absolute atomic E-state index is 13.0. The van der Waals surface area contributed by atoms with Gasteiger partial charge in [0.2, 0.25) is 5.91 Å². The van der Waals surface area contributed by atoms with E-state index in [-0.39, 0.29) is 29.5 Å². The molecule has 0 radical (unpaired) electrons. The van der Waals surface area contributed by atoms with Crippen molar-refractivity contribution in [3.8, 4) is 0 Å². The molecule has 2 unspecified atom stereocenters. The third-order valence-electron chi connectivity index (χ3n) is 5.40. The standard InChI is InChI=1S/C26H29N3O5S/c1-3-34-25(30)17-24(28-26(31)18(2)19-9-5-4-6-10-19)20-11-7-13-22(15-20)29-35(32,33)23-14-8-12-21(27)16-23/h4-16,18,24,29H,3,17,27H2,1-2H3,(H,28,31). The molecule has 3 rings (SSSR count). The lowest BCUT2D eigenvalue weighted by Crippen LogP contribution is -2.33. The minimum atomic E-state index is -3.89. The summed E-state index contributed by atoms with van der Waals surface area (Å²) < 4.78 is 33.2. The molecule has 35 heavy (non-hydrogen) atoms. The molecular weight excluding hydrogens is 466 g/mol. The number of amides is 1. The van der Waals surface area contributed by atoms with Crippen molar-refractivity contribution in [2.24, 2.45) is 0 Å². The molecule has 3 aromatic rings. The first-order chi connectivity index (χ1) is 16.7. The normalized spacial score (nSPS) is 12.9. The maximum Gasteiger partial charge on any atom is 0.308 e. The van der Waals surface area contributed by atoms with Gasteiger partial charge in [-0.2, -0.15) is 0 Å². The van der Waals surface area contributed by atoms with Crippen molar-refractivity contribution in [2.45, 2.75) is 37.1 Å². The summed E-state index contributed by atoms with van der Waals surface area (Å²) in [5.41, 5.74) is 7.72. The predicted molar refractivity (Wildman–Crippen MR) is 135 cm³/mol. The number of nitrogen functional groups attached to an aromatic ring is 1. The van der Waals surface area contributed by atoms with Gasteiger partial charge in [0.1, 0.15) is 0 Å². The third kappa shape index (κ3) is 7.07. The van der Waals surface area contributed by atoms with Crippen LogP contribution in [0.5, 0.6) is 0 Å². The summed E-state index contributed by atoms with van der Waals surface area (Å²) in [6.45, 7) is 3.69. The van der Waals surface area contributed by atoms with Crippen LogP contribution in [0.4, 0.5) is 11.4 Å². The van der Waals surface area contributed by atoms with Crippen LogP contribution in [0, 0.1) is 0 Å². The van der Waals surface area contributed by atoms with Crippen LogP contribution in [0.3, 0.4) is 0 Å². The van der Waals surface area contributed by atoms with Gasteiger partial charge >= 0.3 is 5.97 Å². The Kier molecular flexibility index (Phi) is 8.48. The van der Waals surface area contributed by atoms with Crippen molar-refractivity contribution in [3.63, 3.8) is 0 Å². The monoisotopic (exact) mass is 495 g/mol. The second-order valence-electron chi connectivity index (χ2n) is 8.01. The van der Waals surface area contributed by atoms with Crippen LogP contribution in [0.15, 0.2) is 83.8 Å². The summed E-state index contributed by atoms with van der Waals surface area (Å²) in [4.78, 5) is 25.3. The van der Waals surface area contributed by atoms with Crippen molar-refractivity contribution in [1.29, 1.82) is 0 Å². The number of nitrogens with two attached hydrogens (primary N) is 1. The highest BCUT2D eigenvalue weighted by Gasteiger charge is 2.24. The van der Waals surface area contributed by atoms with Crippen molar-refractivity contribution in [2.75, 3.05) is 17.1 Å². The Labute approximate surface area is 205 Å². The highest BCUT2D eigenvalue weighted by atomic mass is 32.2. The topological polar surface area (TPSA) is 128 Å². The fourth-order valence-electron chi connectivity index (χ4n) is 3.54. The molecule has 0 heterocycles. The van der Waals surface area contributed by atoms with Crippen molar-refractivity contribution < 1.29 is 22.7 Å². The minimum Gasteiger partial charge on any atom is -0.466 e. The summed E-state index contributed by atoms with van der Waals surface area (Å²) in [5, 5.41) is 2.92. The summed E-state index contributed by atoms with van der Waals surface area (Å²) in [6.07, 6.45) is -0.105. The molecule has 1 amide bonds. The number of carbonyl (C=O) groups is 2. The lowest BCUT2D eigenvalue weighted by Gasteiger charge is -2.22. The van der Waals surface area contributed by atoms with E-state index >= 15 is 0 Å². The molecule has 0 saturated heterocycles. The molecule has 3 aromatic carbocycles. The smallest absolute Gasteiger partial charge is 0.308 e. The largest absolute Gasteiger partial charge is 0.466 e. The number of hydrogen-bond acceptors (Lipinski definition) is 6. The van der Waals surface area contributed by atoms with Gasteiger partial charge in [-0.1, -0.05) is 48.5 Å². The number of nitrogens with one attached hydrogen (secondary N) is 2. The number of carbonyl (C=O) groups excluding carboxylic acids is 2. The predicted octanol–water partition coefficient (Wildman–Crippen LogP) is 3.98. The van der Waals surface area contributed by atoms with Crippen molar-refractivity contribution >= 4 is 33.3 Å². The Balaban J connectivity index is 1.85. The molecule has 0 spiro atoms. The lowest BCUT2D eigenvalue weighted by atomic mass is 9.98. The van der Waals surface area contributed by atoms with E-state index in [1.54, 1.807) is 50.2 Å². The molecule has 184 valence electrons. The highest BCUT2D eigenvalue weighted by molar-refractivity contribution is 7.92. The van der Waals surface area contributed by atoms with E-state index < -0.39 is 28.0 Å². The summed E-state index contributed by atoms with van der Waals surface area (Å²) in [6, 6.07) is 21.1. The van der Waals surface area contributed by atoms with Gasteiger partial charge in [-0.05, 0) is 55.3 Å². The van der Waals surface area contributed by atoms with Crippen LogP contribution in [0.25, 0.3) is 0 Å². The molecule has 0 aliphatic rings. The molecule has 0 aliphatic heterocycles. The molecule has 0 aliphatic carbocycles. The molecule has 0 fully saturated rings. The number of rotatable bonds is 10. The van der Waals surface area contributed by atoms with Crippen LogP contribution in [0.1, 0.15) is 43.4 Å². The number of sulfonamides is 1. The van der Waals surface area contributed by atoms with Gasteiger partial charge in [0, 0.05) is 11.4 Å². The number of anilines is 2. The minimum absolute atomic E-state index is 0.0240. The molecule has 0 aromatic heterocycles. The number of ether oxygens (including phenoxy) is 1. The number of hydrogen-bond donors (Lipinski definition) is 3. The molecule has 9 heteroatoms. The van der Waals surface area contributed by atoms with E-state index in [2.05, 4.69) is 10.0 Å². The first-order valence-corrected chi connectivity index (χ1v) is 12.7. The maximum atomic E-state index is 13.0. The van der Waals surface area contributed by atoms with Gasteiger partial charge in [-0.25, -0.2) is 8.42 Å². The Morgan fingerprint density at radius 2 is 1.63 bits per heavy atom. The second-order valence-corrected chi connectivity index (χ2v) is 9.69. The zero-order valence-electron chi connectivity index (χ0n) is 19.6. The van der Waals surface area contributed by atoms with Gasteiger partial charge < -0.3 is 15.8 Å². The Morgan fingerprint density at radius 1 is 0.943 bits per heavy atom. The van der Waals surface area contributed by atoms with Gasteiger partial charge in [0.15, 0.2) is 0 Å². The van der Waals surface area contributed by atoms with Crippen LogP contribution in [-0.2, 0) is 24.3 Å². The first kappa shape index (κ1) is 25.8. The van der Waals surface area contributed by atoms with Crippen LogP contribution in [-0.4, -0.2) is 26.9 Å².